The molecule has 0 fully saturated rings. The SMILES string of the molecule is CC1(C)Cc2cc(-n3cnnn3)ccc2O1. The normalized spacial score (nSPS) is 16.9. The van der Waals surface area contributed by atoms with E-state index in [4.69, 9.17) is 4.74 Å². The van der Waals surface area contributed by atoms with Gasteiger partial charge >= 0.3 is 0 Å². The zero-order valence-corrected chi connectivity index (χ0v) is 9.21. The Morgan fingerprint density at radius 2 is 2.25 bits per heavy atom. The minimum atomic E-state index is -0.110. The predicted molar refractivity (Wildman–Crippen MR) is 57.6 cm³/mol. The first-order chi connectivity index (χ1) is 7.64. The first-order valence-corrected chi connectivity index (χ1v) is 5.19. The highest BCUT2D eigenvalue weighted by Gasteiger charge is 2.30. The van der Waals surface area contributed by atoms with E-state index in [-0.39, 0.29) is 5.60 Å². The molecule has 0 unspecified atom stereocenters. The lowest BCUT2D eigenvalue weighted by molar-refractivity contribution is 0.138. The average Bonchev–Trinajstić information content (AvgIpc) is 2.80. The molecule has 5 heteroatoms. The van der Waals surface area contributed by atoms with Crippen LogP contribution in [0.15, 0.2) is 24.5 Å². The number of hydrogen-bond donors (Lipinski definition) is 0. The second kappa shape index (κ2) is 3.04. The molecule has 1 aromatic carbocycles. The van der Waals surface area contributed by atoms with Crippen LogP contribution in [0.2, 0.25) is 0 Å². The Morgan fingerprint density at radius 3 is 3.00 bits per heavy atom. The second-order valence-corrected chi connectivity index (χ2v) is 4.58. The van der Waals surface area contributed by atoms with Gasteiger partial charge in [0.05, 0.1) is 5.69 Å². The topological polar surface area (TPSA) is 52.8 Å². The van der Waals surface area contributed by atoms with Crippen molar-refractivity contribution in [3.8, 4) is 11.4 Å². The fourth-order valence-corrected chi connectivity index (χ4v) is 2.02. The molecule has 0 amide bonds. The van der Waals surface area contributed by atoms with E-state index in [1.54, 1.807) is 11.0 Å². The fourth-order valence-electron chi connectivity index (χ4n) is 2.02. The molecule has 0 radical (unpaired) electrons. The molecule has 0 saturated carbocycles. The maximum Gasteiger partial charge on any atom is 0.143 e. The molecule has 0 spiro atoms. The molecule has 0 N–H and O–H groups in total. The number of benzene rings is 1. The van der Waals surface area contributed by atoms with Crippen molar-refractivity contribution in [3.63, 3.8) is 0 Å². The van der Waals surface area contributed by atoms with Crippen molar-refractivity contribution in [2.75, 3.05) is 0 Å². The number of tetrazole rings is 1. The Bertz CT molecular complexity index is 519. The quantitative estimate of drug-likeness (QED) is 0.722. The molecule has 5 nitrogen and oxygen atoms in total. The van der Waals surface area contributed by atoms with Crippen molar-refractivity contribution in [1.82, 2.24) is 20.2 Å². The summed E-state index contributed by atoms with van der Waals surface area (Å²) >= 11 is 0. The Hall–Kier alpha value is -1.91. The van der Waals surface area contributed by atoms with Crippen LogP contribution in [-0.4, -0.2) is 25.8 Å². The number of nitrogens with zero attached hydrogens (tertiary/aromatic N) is 4. The van der Waals surface area contributed by atoms with Crippen LogP contribution < -0.4 is 4.74 Å². The average molecular weight is 216 g/mol. The van der Waals surface area contributed by atoms with Crippen LogP contribution in [0.1, 0.15) is 19.4 Å². The molecule has 2 aromatic rings. The third-order valence-corrected chi connectivity index (χ3v) is 2.66. The van der Waals surface area contributed by atoms with Gasteiger partial charge in [-0.15, -0.1) is 5.10 Å². The van der Waals surface area contributed by atoms with Crippen LogP contribution in [0, 0.1) is 0 Å². The summed E-state index contributed by atoms with van der Waals surface area (Å²) in [5.74, 6) is 0.960. The van der Waals surface area contributed by atoms with E-state index in [0.29, 0.717) is 0 Å². The van der Waals surface area contributed by atoms with Crippen LogP contribution in [0.3, 0.4) is 0 Å². The third kappa shape index (κ3) is 1.44. The van der Waals surface area contributed by atoms with Gasteiger partial charge < -0.3 is 4.74 Å². The van der Waals surface area contributed by atoms with Crippen molar-refractivity contribution in [1.29, 1.82) is 0 Å². The van der Waals surface area contributed by atoms with Crippen LogP contribution >= 0.6 is 0 Å². The maximum atomic E-state index is 5.81. The molecule has 0 bridgehead atoms. The number of rotatable bonds is 1. The van der Waals surface area contributed by atoms with E-state index in [1.807, 2.05) is 12.1 Å². The summed E-state index contributed by atoms with van der Waals surface area (Å²) in [5, 5.41) is 11.1. The molecular weight excluding hydrogens is 204 g/mol. The Morgan fingerprint density at radius 1 is 1.38 bits per heavy atom. The van der Waals surface area contributed by atoms with Gasteiger partial charge in [-0.25, -0.2) is 4.68 Å². The molecule has 16 heavy (non-hydrogen) atoms. The van der Waals surface area contributed by atoms with Gasteiger partial charge in [-0.2, -0.15) is 0 Å². The van der Waals surface area contributed by atoms with Crippen LogP contribution in [-0.2, 0) is 6.42 Å². The monoisotopic (exact) mass is 216 g/mol. The summed E-state index contributed by atoms with van der Waals surface area (Å²) in [5.41, 5.74) is 2.06. The molecule has 1 aliphatic rings. The van der Waals surface area contributed by atoms with Crippen molar-refractivity contribution in [3.05, 3.63) is 30.1 Å². The number of fused-ring (bicyclic) bond motifs is 1. The van der Waals surface area contributed by atoms with Gasteiger partial charge in [0.2, 0.25) is 0 Å². The first kappa shape index (κ1) is 9.33. The van der Waals surface area contributed by atoms with Crippen LogP contribution in [0.25, 0.3) is 5.69 Å². The molecule has 82 valence electrons. The minimum Gasteiger partial charge on any atom is -0.487 e. The number of hydrogen-bond acceptors (Lipinski definition) is 4. The molecular formula is C11H12N4O. The molecule has 0 aliphatic carbocycles. The van der Waals surface area contributed by atoms with E-state index in [2.05, 4.69) is 35.4 Å². The first-order valence-electron chi connectivity index (χ1n) is 5.19. The van der Waals surface area contributed by atoms with Crippen molar-refractivity contribution in [2.24, 2.45) is 0 Å². The third-order valence-electron chi connectivity index (χ3n) is 2.66. The summed E-state index contributed by atoms with van der Waals surface area (Å²) in [6, 6.07) is 6.00. The highest BCUT2D eigenvalue weighted by atomic mass is 16.5. The zero-order valence-electron chi connectivity index (χ0n) is 9.21. The Labute approximate surface area is 93.0 Å². The molecule has 1 aromatic heterocycles. The van der Waals surface area contributed by atoms with E-state index in [1.165, 1.54) is 5.56 Å². The molecule has 3 rings (SSSR count). The largest absolute Gasteiger partial charge is 0.487 e. The summed E-state index contributed by atoms with van der Waals surface area (Å²) in [4.78, 5) is 0. The summed E-state index contributed by atoms with van der Waals surface area (Å²) in [6.07, 6.45) is 2.50. The lowest BCUT2D eigenvalue weighted by Gasteiger charge is -2.16. The highest BCUT2D eigenvalue weighted by molar-refractivity contribution is 5.46. The number of aromatic nitrogens is 4. The molecule has 2 heterocycles. The smallest absolute Gasteiger partial charge is 0.143 e. The Balaban J connectivity index is 2.03. The van der Waals surface area contributed by atoms with Gasteiger partial charge in [-0.05, 0) is 42.5 Å². The van der Waals surface area contributed by atoms with Gasteiger partial charge in [0.15, 0.2) is 0 Å². The standard InChI is InChI=1S/C11H12N4O/c1-11(2)6-8-5-9(3-4-10(8)16-11)15-7-12-13-14-15/h3-5,7H,6H2,1-2H3. The lowest BCUT2D eigenvalue weighted by Crippen LogP contribution is -2.24. The van der Waals surface area contributed by atoms with Gasteiger partial charge in [0, 0.05) is 12.0 Å². The van der Waals surface area contributed by atoms with Crippen LogP contribution in [0.5, 0.6) is 5.75 Å². The molecule has 0 saturated heterocycles. The number of ether oxygens (including phenoxy) is 1. The van der Waals surface area contributed by atoms with Crippen molar-refractivity contribution >= 4 is 0 Å². The van der Waals surface area contributed by atoms with Crippen LogP contribution in [0.4, 0.5) is 0 Å². The Kier molecular flexibility index (Phi) is 1.77. The summed E-state index contributed by atoms with van der Waals surface area (Å²) < 4.78 is 7.45. The molecule has 0 atom stereocenters. The zero-order chi connectivity index (χ0) is 11.2. The summed E-state index contributed by atoms with van der Waals surface area (Å²) in [7, 11) is 0. The summed E-state index contributed by atoms with van der Waals surface area (Å²) in [6.45, 7) is 4.17. The van der Waals surface area contributed by atoms with Gasteiger partial charge in [-0.3, -0.25) is 0 Å². The van der Waals surface area contributed by atoms with Crippen molar-refractivity contribution in [2.45, 2.75) is 25.9 Å². The van der Waals surface area contributed by atoms with Crippen molar-refractivity contribution < 1.29 is 4.74 Å². The van der Waals surface area contributed by atoms with Gasteiger partial charge in [0.25, 0.3) is 0 Å². The van der Waals surface area contributed by atoms with E-state index in [0.717, 1.165) is 17.9 Å². The van der Waals surface area contributed by atoms with Gasteiger partial charge in [0.1, 0.15) is 17.7 Å². The fraction of sp³-hybridized carbons (Fsp3) is 0.364. The maximum absolute atomic E-state index is 5.81. The lowest BCUT2D eigenvalue weighted by atomic mass is 10.0. The minimum absolute atomic E-state index is 0.110. The molecule has 1 aliphatic heterocycles. The van der Waals surface area contributed by atoms with E-state index in [9.17, 15) is 0 Å². The highest BCUT2D eigenvalue weighted by Crippen LogP contribution is 2.35. The predicted octanol–water partition coefficient (Wildman–Crippen LogP) is 1.38. The van der Waals surface area contributed by atoms with Gasteiger partial charge in [-0.1, -0.05) is 0 Å². The van der Waals surface area contributed by atoms with E-state index < -0.39 is 0 Å². The second-order valence-electron chi connectivity index (χ2n) is 4.58. The van der Waals surface area contributed by atoms with E-state index >= 15 is 0 Å².